The number of fused-ring (bicyclic) bond motifs is 1. The van der Waals surface area contributed by atoms with Gasteiger partial charge in [-0.1, -0.05) is 41.4 Å². The minimum atomic E-state index is -0.398. The summed E-state index contributed by atoms with van der Waals surface area (Å²) >= 11 is 11.6. The van der Waals surface area contributed by atoms with Gasteiger partial charge in [0.15, 0.2) is 0 Å². The highest BCUT2D eigenvalue weighted by atomic mass is 35.5. The topological polar surface area (TPSA) is 120 Å². The van der Waals surface area contributed by atoms with E-state index >= 15 is 0 Å². The van der Waals surface area contributed by atoms with Gasteiger partial charge in [-0.25, -0.2) is 14.4 Å². The summed E-state index contributed by atoms with van der Waals surface area (Å²) < 4.78 is 27.8. The molecule has 5 aromatic rings. The molecule has 0 radical (unpaired) electrons. The summed E-state index contributed by atoms with van der Waals surface area (Å²) in [6, 6.07) is 19.8. The molecule has 13 heteroatoms. The van der Waals surface area contributed by atoms with Crippen LogP contribution in [0.2, 0.25) is 5.02 Å². The van der Waals surface area contributed by atoms with E-state index in [1.807, 2.05) is 49.4 Å². The predicted octanol–water partition coefficient (Wildman–Crippen LogP) is 7.34. The highest BCUT2D eigenvalue weighted by Gasteiger charge is 2.24. The van der Waals surface area contributed by atoms with E-state index in [0.29, 0.717) is 40.1 Å². The van der Waals surface area contributed by atoms with Crippen molar-refractivity contribution in [3.8, 4) is 5.88 Å². The van der Waals surface area contributed by atoms with Gasteiger partial charge in [0.05, 0.1) is 46.6 Å². The molecule has 3 aromatic heterocycles. The lowest BCUT2D eigenvalue weighted by Gasteiger charge is -2.29. The number of nitrogens with one attached hydrogen (secondary N) is 1. The molecule has 2 aromatic carbocycles. The van der Waals surface area contributed by atoms with Crippen molar-refractivity contribution in [1.82, 2.24) is 24.4 Å². The SMILES string of the molecule is Cc1ccnc(/C(Cl)=C\N)c1.O=CNc1ccc2c(c1)nc(CN1CC=C(c3cccc(OCc4ccc(Cl)cc4F)n3)CC1)n2CC1CCO1. The first kappa shape index (κ1) is 36.0. The third-order valence-corrected chi connectivity index (χ3v) is 9.20. The van der Waals surface area contributed by atoms with Gasteiger partial charge in [0.25, 0.3) is 0 Å². The second kappa shape index (κ2) is 16.9. The normalized spacial score (nSPS) is 16.1. The maximum atomic E-state index is 14.1. The number of hydrogen-bond donors (Lipinski definition) is 2. The maximum Gasteiger partial charge on any atom is 0.214 e. The molecule has 51 heavy (non-hydrogen) atoms. The number of halogens is 3. The van der Waals surface area contributed by atoms with Crippen molar-refractivity contribution in [1.29, 1.82) is 0 Å². The van der Waals surface area contributed by atoms with Gasteiger partial charge >= 0.3 is 0 Å². The fourth-order valence-corrected chi connectivity index (χ4v) is 6.06. The number of pyridine rings is 2. The van der Waals surface area contributed by atoms with Crippen LogP contribution in [0.4, 0.5) is 10.1 Å². The van der Waals surface area contributed by atoms with Crippen LogP contribution in [0.5, 0.6) is 5.88 Å². The molecule has 0 aliphatic carbocycles. The molecule has 264 valence electrons. The Kier molecular flexibility index (Phi) is 12.0. The van der Waals surface area contributed by atoms with Gasteiger partial charge in [0.2, 0.25) is 12.3 Å². The number of nitrogens with zero attached hydrogens (tertiary/aromatic N) is 5. The molecule has 1 saturated heterocycles. The molecule has 1 unspecified atom stereocenters. The quantitative estimate of drug-likeness (QED) is 0.136. The number of ether oxygens (including phenoxy) is 2. The minimum Gasteiger partial charge on any atom is -0.473 e. The summed E-state index contributed by atoms with van der Waals surface area (Å²) in [5.74, 6) is 1.03. The maximum absolute atomic E-state index is 14.1. The molecule has 10 nitrogen and oxygen atoms in total. The van der Waals surface area contributed by atoms with E-state index in [9.17, 15) is 9.18 Å². The second-order valence-corrected chi connectivity index (χ2v) is 13.1. The number of benzene rings is 2. The zero-order valence-corrected chi connectivity index (χ0v) is 29.6. The number of hydrogen-bond acceptors (Lipinski definition) is 8. The fourth-order valence-electron chi connectivity index (χ4n) is 5.80. The highest BCUT2D eigenvalue weighted by molar-refractivity contribution is 6.48. The lowest BCUT2D eigenvalue weighted by Crippen LogP contribution is -2.33. The van der Waals surface area contributed by atoms with E-state index in [1.165, 1.54) is 12.3 Å². The Labute approximate surface area is 305 Å². The average molecular weight is 731 g/mol. The summed E-state index contributed by atoms with van der Waals surface area (Å²) in [7, 11) is 0. The molecule has 1 fully saturated rings. The van der Waals surface area contributed by atoms with E-state index in [-0.39, 0.29) is 12.7 Å². The lowest BCUT2D eigenvalue weighted by molar-refractivity contribution is -0.105. The third kappa shape index (κ3) is 9.30. The van der Waals surface area contributed by atoms with Crippen LogP contribution in [-0.2, 0) is 29.2 Å². The summed E-state index contributed by atoms with van der Waals surface area (Å²) in [5, 5.41) is 3.54. The van der Waals surface area contributed by atoms with Crippen molar-refractivity contribution in [2.45, 2.75) is 45.6 Å². The van der Waals surface area contributed by atoms with Crippen LogP contribution in [0.15, 0.2) is 85.2 Å². The molecule has 3 N–H and O–H groups in total. The van der Waals surface area contributed by atoms with Crippen LogP contribution in [0, 0.1) is 12.7 Å². The molecule has 0 saturated carbocycles. The summed E-state index contributed by atoms with van der Waals surface area (Å²) in [6.45, 7) is 5.94. The average Bonchev–Trinajstić information content (AvgIpc) is 3.45. The summed E-state index contributed by atoms with van der Waals surface area (Å²) in [5.41, 5.74) is 12.1. The molecular weight excluding hydrogens is 692 g/mol. The molecule has 5 heterocycles. The van der Waals surface area contributed by atoms with Crippen LogP contribution in [-0.4, -0.2) is 56.6 Å². The van der Waals surface area contributed by atoms with Gasteiger partial charge < -0.3 is 25.1 Å². The Morgan fingerprint density at radius 3 is 2.73 bits per heavy atom. The van der Waals surface area contributed by atoms with E-state index in [2.05, 4.69) is 30.8 Å². The van der Waals surface area contributed by atoms with Gasteiger partial charge in [-0.2, -0.15) is 0 Å². The summed E-state index contributed by atoms with van der Waals surface area (Å²) in [6.07, 6.45) is 8.00. The van der Waals surface area contributed by atoms with Crippen molar-refractivity contribution in [2.24, 2.45) is 5.73 Å². The number of nitrogens with two attached hydrogens (primary N) is 1. The molecule has 1 atom stereocenters. The first-order chi connectivity index (χ1) is 24.8. The lowest BCUT2D eigenvalue weighted by atomic mass is 10.0. The summed E-state index contributed by atoms with van der Waals surface area (Å²) in [4.78, 5) is 26.9. The molecule has 2 aliphatic rings. The Morgan fingerprint density at radius 1 is 1.16 bits per heavy atom. The Morgan fingerprint density at radius 2 is 2.02 bits per heavy atom. The number of carbonyl (C=O) groups excluding carboxylic acids is 1. The van der Waals surface area contributed by atoms with Gasteiger partial charge in [0, 0.05) is 54.4 Å². The number of rotatable bonds is 11. The van der Waals surface area contributed by atoms with E-state index < -0.39 is 5.82 Å². The second-order valence-electron chi connectivity index (χ2n) is 12.2. The smallest absolute Gasteiger partial charge is 0.214 e. The largest absolute Gasteiger partial charge is 0.473 e. The number of amides is 1. The van der Waals surface area contributed by atoms with Crippen LogP contribution in [0.25, 0.3) is 21.6 Å². The number of carbonyl (C=O) groups is 1. The zero-order chi connectivity index (χ0) is 35.7. The van der Waals surface area contributed by atoms with Crippen LogP contribution in [0.1, 0.15) is 41.2 Å². The van der Waals surface area contributed by atoms with E-state index in [0.717, 1.165) is 78.5 Å². The number of anilines is 1. The number of imidazole rings is 1. The van der Waals surface area contributed by atoms with Crippen LogP contribution >= 0.6 is 23.2 Å². The standard InChI is InChI=1S/C30H29ClFN5O3.C8H9ClN2/c31-22-5-4-21(25(32)14-22)18-40-30-3-1-2-26(35-30)20-8-11-36(12-9-20)17-29-34-27-15-23(33-19-38)6-7-28(27)37(29)16-24-10-13-39-24;1-6-2-3-11-8(4-6)7(9)5-10/h1-8,14-15,19,24H,9-13,16-18H2,(H,33,38);2-5H,10H2,1H3/b;7-5+. The van der Waals surface area contributed by atoms with E-state index in [4.69, 9.17) is 43.4 Å². The first-order valence-corrected chi connectivity index (χ1v) is 17.3. The molecule has 1 amide bonds. The molecular formula is C38H38Cl2FN7O3. The molecule has 2 aliphatic heterocycles. The van der Waals surface area contributed by atoms with Gasteiger partial charge in [0.1, 0.15) is 18.2 Å². The third-order valence-electron chi connectivity index (χ3n) is 8.64. The van der Waals surface area contributed by atoms with Crippen LogP contribution in [0.3, 0.4) is 0 Å². The van der Waals surface area contributed by atoms with Gasteiger partial charge in [-0.15, -0.1) is 0 Å². The van der Waals surface area contributed by atoms with Crippen molar-refractivity contribution in [3.05, 3.63) is 124 Å². The van der Waals surface area contributed by atoms with Crippen molar-refractivity contribution in [3.63, 3.8) is 0 Å². The van der Waals surface area contributed by atoms with Crippen molar-refractivity contribution >= 4 is 56.9 Å². The minimum absolute atomic E-state index is 0.0753. The van der Waals surface area contributed by atoms with Crippen LogP contribution < -0.4 is 15.8 Å². The van der Waals surface area contributed by atoms with E-state index in [1.54, 1.807) is 24.4 Å². The highest BCUT2D eigenvalue weighted by Crippen LogP contribution is 2.27. The van der Waals surface area contributed by atoms with Gasteiger partial charge in [-0.05, 0) is 79.4 Å². The molecule has 0 spiro atoms. The monoisotopic (exact) mass is 729 g/mol. The molecule has 7 rings (SSSR count). The Bertz CT molecular complexity index is 2060. The Balaban J connectivity index is 0.000000349. The van der Waals surface area contributed by atoms with Crippen molar-refractivity contribution in [2.75, 3.05) is 25.0 Å². The van der Waals surface area contributed by atoms with Gasteiger partial charge in [-0.3, -0.25) is 14.7 Å². The molecule has 0 bridgehead atoms. The Hall–Kier alpha value is -4.81. The predicted molar refractivity (Wildman–Crippen MR) is 199 cm³/mol. The number of aromatic nitrogens is 4. The van der Waals surface area contributed by atoms with Crippen molar-refractivity contribution < 1.29 is 18.7 Å². The fraction of sp³-hybridized carbons (Fsp3) is 0.263. The first-order valence-electron chi connectivity index (χ1n) is 16.6. The number of aryl methyl sites for hydroxylation is 1. The zero-order valence-electron chi connectivity index (χ0n) is 28.1.